The quantitative estimate of drug-likeness (QED) is 0.883. The van der Waals surface area contributed by atoms with Crippen molar-refractivity contribution in [3.8, 4) is 0 Å². The van der Waals surface area contributed by atoms with Gasteiger partial charge in [0.2, 0.25) is 0 Å². The summed E-state index contributed by atoms with van der Waals surface area (Å²) < 4.78 is 13.3. The van der Waals surface area contributed by atoms with E-state index >= 15 is 0 Å². The van der Waals surface area contributed by atoms with Crippen molar-refractivity contribution < 1.29 is 9.50 Å². The van der Waals surface area contributed by atoms with Crippen LogP contribution in [0.3, 0.4) is 0 Å². The van der Waals surface area contributed by atoms with Crippen LogP contribution in [0.15, 0.2) is 48.5 Å². The van der Waals surface area contributed by atoms with Crippen molar-refractivity contribution in [2.24, 2.45) is 0 Å². The molecule has 0 radical (unpaired) electrons. The fraction of sp³-hybridized carbons (Fsp3) is 0.250. The molecule has 1 N–H and O–H groups in total. The Morgan fingerprint density at radius 1 is 1.16 bits per heavy atom. The van der Waals surface area contributed by atoms with Gasteiger partial charge in [-0.05, 0) is 35.7 Å². The Morgan fingerprint density at radius 3 is 2.47 bits per heavy atom. The van der Waals surface area contributed by atoms with Gasteiger partial charge in [-0.25, -0.2) is 4.39 Å². The van der Waals surface area contributed by atoms with Gasteiger partial charge < -0.3 is 5.11 Å². The Kier molecular flexibility index (Phi) is 4.23. The maximum absolute atomic E-state index is 13.3. The highest BCUT2D eigenvalue weighted by Crippen LogP contribution is 2.31. The highest BCUT2D eigenvalue weighted by Gasteiger charge is 2.28. The van der Waals surface area contributed by atoms with Gasteiger partial charge in [0.25, 0.3) is 0 Å². The molecule has 0 aliphatic carbocycles. The maximum Gasteiger partial charge on any atom is 0.123 e. The number of hydrogen-bond acceptors (Lipinski definition) is 1. The van der Waals surface area contributed by atoms with E-state index in [9.17, 15) is 9.50 Å². The van der Waals surface area contributed by atoms with Gasteiger partial charge >= 0.3 is 0 Å². The van der Waals surface area contributed by atoms with Crippen molar-refractivity contribution in [1.82, 2.24) is 0 Å². The zero-order valence-corrected chi connectivity index (χ0v) is 11.5. The molecule has 0 aliphatic rings. The van der Waals surface area contributed by atoms with Gasteiger partial charge in [0.05, 0.1) is 5.60 Å². The molecule has 0 heterocycles. The number of rotatable bonds is 4. The van der Waals surface area contributed by atoms with Crippen LogP contribution in [-0.2, 0) is 12.0 Å². The summed E-state index contributed by atoms with van der Waals surface area (Å²) in [7, 11) is 0. The first-order valence-corrected chi connectivity index (χ1v) is 6.65. The van der Waals surface area contributed by atoms with Crippen LogP contribution in [-0.4, -0.2) is 5.11 Å². The molecule has 2 aromatic rings. The van der Waals surface area contributed by atoms with E-state index in [-0.39, 0.29) is 5.82 Å². The average molecular weight is 279 g/mol. The van der Waals surface area contributed by atoms with E-state index in [2.05, 4.69) is 0 Å². The average Bonchev–Trinajstić information content (AvgIpc) is 2.44. The predicted octanol–water partition coefficient (Wildman–Crippen LogP) is 4.32. The standard InChI is InChI=1S/C16H16ClFO/c1-2-16(19,13-6-4-3-5-7-13)11-12-10-14(18)8-9-15(12)17/h3-10,19H,2,11H2,1H3. The van der Waals surface area contributed by atoms with Crippen molar-refractivity contribution in [2.75, 3.05) is 0 Å². The second-order valence-corrected chi connectivity index (χ2v) is 5.07. The molecule has 2 rings (SSSR count). The van der Waals surface area contributed by atoms with Crippen molar-refractivity contribution in [3.05, 3.63) is 70.5 Å². The molecular weight excluding hydrogens is 263 g/mol. The van der Waals surface area contributed by atoms with Crippen LogP contribution >= 0.6 is 11.6 Å². The summed E-state index contributed by atoms with van der Waals surface area (Å²) in [5, 5.41) is 11.3. The molecule has 0 aromatic heterocycles. The Labute approximate surface area is 117 Å². The van der Waals surface area contributed by atoms with Crippen molar-refractivity contribution in [3.63, 3.8) is 0 Å². The van der Waals surface area contributed by atoms with Gasteiger partial charge in [0, 0.05) is 11.4 Å². The first-order valence-electron chi connectivity index (χ1n) is 6.27. The molecule has 0 bridgehead atoms. The van der Waals surface area contributed by atoms with Crippen LogP contribution in [0.25, 0.3) is 0 Å². The molecule has 0 amide bonds. The Bertz CT molecular complexity index is 556. The zero-order chi connectivity index (χ0) is 13.9. The molecule has 1 unspecified atom stereocenters. The third kappa shape index (κ3) is 3.14. The van der Waals surface area contributed by atoms with Gasteiger partial charge in [-0.2, -0.15) is 0 Å². The summed E-state index contributed by atoms with van der Waals surface area (Å²) in [6.45, 7) is 1.90. The van der Waals surface area contributed by atoms with Crippen molar-refractivity contribution in [1.29, 1.82) is 0 Å². The number of aliphatic hydroxyl groups is 1. The van der Waals surface area contributed by atoms with E-state index in [0.717, 1.165) is 5.56 Å². The third-order valence-corrected chi connectivity index (χ3v) is 3.76. The number of hydrogen-bond donors (Lipinski definition) is 1. The van der Waals surface area contributed by atoms with Gasteiger partial charge in [0.15, 0.2) is 0 Å². The van der Waals surface area contributed by atoms with Crippen LogP contribution < -0.4 is 0 Å². The molecule has 0 aliphatic heterocycles. The molecule has 2 aromatic carbocycles. The predicted molar refractivity (Wildman–Crippen MR) is 75.7 cm³/mol. The lowest BCUT2D eigenvalue weighted by Crippen LogP contribution is -2.27. The van der Waals surface area contributed by atoms with Gasteiger partial charge in [-0.3, -0.25) is 0 Å². The van der Waals surface area contributed by atoms with Crippen LogP contribution in [0.4, 0.5) is 4.39 Å². The lowest BCUT2D eigenvalue weighted by molar-refractivity contribution is 0.0327. The van der Waals surface area contributed by atoms with Gasteiger partial charge in [-0.1, -0.05) is 48.9 Å². The van der Waals surface area contributed by atoms with E-state index in [1.165, 1.54) is 18.2 Å². The molecular formula is C16H16ClFO. The molecule has 19 heavy (non-hydrogen) atoms. The lowest BCUT2D eigenvalue weighted by Gasteiger charge is -2.28. The monoisotopic (exact) mass is 278 g/mol. The Balaban J connectivity index is 2.36. The second kappa shape index (κ2) is 5.72. The summed E-state index contributed by atoms with van der Waals surface area (Å²) >= 11 is 6.07. The molecule has 0 saturated heterocycles. The van der Waals surface area contributed by atoms with Gasteiger partial charge in [-0.15, -0.1) is 0 Å². The molecule has 3 heteroatoms. The largest absolute Gasteiger partial charge is 0.385 e. The summed E-state index contributed by atoms with van der Waals surface area (Å²) in [5.41, 5.74) is 0.409. The second-order valence-electron chi connectivity index (χ2n) is 4.66. The smallest absolute Gasteiger partial charge is 0.123 e. The van der Waals surface area contributed by atoms with Crippen LogP contribution in [0.5, 0.6) is 0 Å². The van der Waals surface area contributed by atoms with E-state index in [4.69, 9.17) is 11.6 Å². The van der Waals surface area contributed by atoms with E-state index in [1.54, 1.807) is 0 Å². The van der Waals surface area contributed by atoms with Gasteiger partial charge in [0.1, 0.15) is 5.82 Å². The minimum atomic E-state index is -1.03. The van der Waals surface area contributed by atoms with E-state index in [1.807, 2.05) is 37.3 Å². The maximum atomic E-state index is 13.3. The highest BCUT2D eigenvalue weighted by atomic mass is 35.5. The molecule has 1 nitrogen and oxygen atoms in total. The summed E-state index contributed by atoms with van der Waals surface area (Å²) in [6.07, 6.45) is 0.827. The molecule has 0 spiro atoms. The minimum Gasteiger partial charge on any atom is -0.385 e. The topological polar surface area (TPSA) is 20.2 Å². The SMILES string of the molecule is CCC(O)(Cc1cc(F)ccc1Cl)c1ccccc1. The van der Waals surface area contributed by atoms with E-state index in [0.29, 0.717) is 23.4 Å². The molecule has 0 fully saturated rings. The van der Waals surface area contributed by atoms with Crippen molar-refractivity contribution in [2.45, 2.75) is 25.4 Å². The fourth-order valence-electron chi connectivity index (χ4n) is 2.17. The summed E-state index contributed by atoms with van der Waals surface area (Å²) in [4.78, 5) is 0. The number of benzene rings is 2. The summed E-state index contributed by atoms with van der Waals surface area (Å²) in [6, 6.07) is 13.6. The number of halogens is 2. The fourth-order valence-corrected chi connectivity index (χ4v) is 2.36. The summed E-state index contributed by atoms with van der Waals surface area (Å²) in [5.74, 6) is -0.342. The Hall–Kier alpha value is -1.38. The van der Waals surface area contributed by atoms with Crippen LogP contribution in [0.2, 0.25) is 5.02 Å². The Morgan fingerprint density at radius 2 is 1.84 bits per heavy atom. The molecule has 1 atom stereocenters. The minimum absolute atomic E-state index is 0.296. The van der Waals surface area contributed by atoms with Crippen LogP contribution in [0.1, 0.15) is 24.5 Å². The lowest BCUT2D eigenvalue weighted by atomic mass is 9.85. The first kappa shape index (κ1) is 14.0. The van der Waals surface area contributed by atoms with Crippen LogP contribution in [0, 0.1) is 5.82 Å². The zero-order valence-electron chi connectivity index (χ0n) is 10.7. The third-order valence-electron chi connectivity index (χ3n) is 3.39. The first-order chi connectivity index (χ1) is 9.05. The molecule has 100 valence electrons. The van der Waals surface area contributed by atoms with E-state index < -0.39 is 5.60 Å². The molecule has 0 saturated carbocycles. The van der Waals surface area contributed by atoms with Crippen molar-refractivity contribution >= 4 is 11.6 Å². The highest BCUT2D eigenvalue weighted by molar-refractivity contribution is 6.31. The normalized spacial score (nSPS) is 14.1.